The Labute approximate surface area is 277 Å². The van der Waals surface area contributed by atoms with Gasteiger partial charge in [-0.05, 0) is 67.8 Å². The van der Waals surface area contributed by atoms with E-state index in [1.807, 2.05) is 68.4 Å². The zero-order valence-electron chi connectivity index (χ0n) is 27.3. The summed E-state index contributed by atoms with van der Waals surface area (Å²) in [5, 5.41) is 2.99. The van der Waals surface area contributed by atoms with Crippen LogP contribution in [0.1, 0.15) is 31.4 Å². The van der Waals surface area contributed by atoms with Crippen LogP contribution in [0.3, 0.4) is 0 Å². The lowest BCUT2D eigenvalue weighted by Crippen LogP contribution is -2.52. The molecule has 0 aliphatic carbocycles. The van der Waals surface area contributed by atoms with Gasteiger partial charge in [-0.3, -0.25) is 9.59 Å². The first-order chi connectivity index (χ1) is 22.7. The van der Waals surface area contributed by atoms with E-state index in [0.717, 1.165) is 11.1 Å². The number of hydrogen-bond acceptors (Lipinski definition) is 8. The fourth-order valence-electron chi connectivity index (χ4n) is 5.07. The molecule has 1 heterocycles. The Bertz CT molecular complexity index is 1510. The summed E-state index contributed by atoms with van der Waals surface area (Å²) in [6, 6.07) is 22.0. The Morgan fingerprint density at radius 2 is 1.57 bits per heavy atom. The minimum Gasteiger partial charge on any atom is -0.497 e. The Balaban J connectivity index is 1.52. The van der Waals surface area contributed by atoms with Crippen molar-refractivity contribution in [3.8, 4) is 11.5 Å². The highest BCUT2D eigenvalue weighted by molar-refractivity contribution is 7.89. The van der Waals surface area contributed by atoms with Crippen LogP contribution in [-0.2, 0) is 42.1 Å². The second-order valence-electron chi connectivity index (χ2n) is 11.4. The maximum atomic E-state index is 13.9. The van der Waals surface area contributed by atoms with Crippen molar-refractivity contribution in [3.63, 3.8) is 0 Å². The number of morpholine rings is 1. The number of amides is 2. The Hall–Kier alpha value is -3.97. The van der Waals surface area contributed by atoms with Crippen LogP contribution in [0.15, 0.2) is 83.8 Å². The number of carbonyl (C=O) groups is 2. The van der Waals surface area contributed by atoms with Gasteiger partial charge in [0.05, 0.1) is 31.3 Å². The van der Waals surface area contributed by atoms with Crippen LogP contribution in [-0.4, -0.2) is 94.8 Å². The number of nitrogens with one attached hydrogen (secondary N) is 1. The smallest absolute Gasteiger partial charge is 0.261 e. The summed E-state index contributed by atoms with van der Waals surface area (Å²) in [5.74, 6) is 0.331. The van der Waals surface area contributed by atoms with Crippen molar-refractivity contribution in [2.45, 2.75) is 50.3 Å². The van der Waals surface area contributed by atoms with Crippen molar-refractivity contribution < 1.29 is 37.0 Å². The third kappa shape index (κ3) is 10.8. The number of hydrogen-bond donors (Lipinski definition) is 1. The van der Waals surface area contributed by atoms with Crippen molar-refractivity contribution in [3.05, 3.63) is 90.0 Å². The zero-order valence-corrected chi connectivity index (χ0v) is 28.1. The van der Waals surface area contributed by atoms with Crippen LogP contribution >= 0.6 is 0 Å². The van der Waals surface area contributed by atoms with E-state index in [0.29, 0.717) is 63.8 Å². The van der Waals surface area contributed by atoms with Crippen molar-refractivity contribution in [2.24, 2.45) is 0 Å². The van der Waals surface area contributed by atoms with Gasteiger partial charge < -0.3 is 29.2 Å². The van der Waals surface area contributed by atoms with Crippen LogP contribution < -0.4 is 14.8 Å². The molecule has 0 saturated carbocycles. The van der Waals surface area contributed by atoms with E-state index in [4.69, 9.17) is 18.9 Å². The van der Waals surface area contributed by atoms with E-state index in [9.17, 15) is 18.0 Å². The molecular formula is C35H45N3O8S. The molecule has 1 N–H and O–H groups in total. The summed E-state index contributed by atoms with van der Waals surface area (Å²) in [6.07, 6.45) is 1.03. The molecule has 11 nitrogen and oxygen atoms in total. The summed E-state index contributed by atoms with van der Waals surface area (Å²) in [4.78, 5) is 29.3. The van der Waals surface area contributed by atoms with E-state index in [1.54, 1.807) is 7.11 Å². The van der Waals surface area contributed by atoms with Gasteiger partial charge in [-0.15, -0.1) is 0 Å². The monoisotopic (exact) mass is 667 g/mol. The Kier molecular flexibility index (Phi) is 13.6. The number of methoxy groups -OCH3 is 1. The first-order valence-electron chi connectivity index (χ1n) is 15.8. The molecule has 47 heavy (non-hydrogen) atoms. The maximum Gasteiger partial charge on any atom is 0.261 e. The van der Waals surface area contributed by atoms with Crippen molar-refractivity contribution >= 4 is 21.8 Å². The van der Waals surface area contributed by atoms with Gasteiger partial charge >= 0.3 is 0 Å². The van der Waals surface area contributed by atoms with Gasteiger partial charge in [0.2, 0.25) is 15.9 Å². The summed E-state index contributed by atoms with van der Waals surface area (Å²) in [5.41, 5.74) is 1.72. The molecule has 12 heteroatoms. The Morgan fingerprint density at radius 3 is 2.21 bits per heavy atom. The summed E-state index contributed by atoms with van der Waals surface area (Å²) in [7, 11) is -2.09. The van der Waals surface area contributed by atoms with Crippen LogP contribution in [0.4, 0.5) is 0 Å². The third-order valence-electron chi connectivity index (χ3n) is 7.65. The molecule has 4 rings (SSSR count). The van der Waals surface area contributed by atoms with Gasteiger partial charge in [0, 0.05) is 39.2 Å². The maximum absolute atomic E-state index is 13.9. The van der Waals surface area contributed by atoms with Crippen molar-refractivity contribution in [1.82, 2.24) is 14.5 Å². The van der Waals surface area contributed by atoms with Gasteiger partial charge in [-0.1, -0.05) is 42.5 Å². The molecule has 0 aromatic heterocycles. The topological polar surface area (TPSA) is 124 Å². The van der Waals surface area contributed by atoms with Gasteiger partial charge in [-0.25, -0.2) is 8.42 Å². The predicted molar refractivity (Wildman–Crippen MR) is 178 cm³/mol. The molecule has 0 spiro atoms. The Morgan fingerprint density at radius 1 is 0.915 bits per heavy atom. The summed E-state index contributed by atoms with van der Waals surface area (Å²) >= 11 is 0. The highest BCUT2D eigenvalue weighted by Crippen LogP contribution is 2.22. The molecule has 1 saturated heterocycles. The zero-order chi connectivity index (χ0) is 33.6. The molecule has 2 amide bonds. The van der Waals surface area contributed by atoms with E-state index in [1.165, 1.54) is 33.5 Å². The molecular weight excluding hydrogens is 622 g/mol. The van der Waals surface area contributed by atoms with Crippen LogP contribution in [0, 0.1) is 0 Å². The van der Waals surface area contributed by atoms with Crippen LogP contribution in [0.5, 0.6) is 11.5 Å². The van der Waals surface area contributed by atoms with Gasteiger partial charge in [0.1, 0.15) is 17.5 Å². The van der Waals surface area contributed by atoms with Crippen molar-refractivity contribution in [1.29, 1.82) is 0 Å². The third-order valence-corrected chi connectivity index (χ3v) is 9.56. The molecule has 3 aromatic rings. The lowest BCUT2D eigenvalue weighted by molar-refractivity contribution is -0.142. The molecule has 1 aliphatic heterocycles. The first kappa shape index (κ1) is 35.9. The quantitative estimate of drug-likeness (QED) is 0.217. The number of sulfonamides is 1. The molecule has 1 aliphatic rings. The molecule has 1 atom stereocenters. The first-order valence-corrected chi connectivity index (χ1v) is 17.3. The second-order valence-corrected chi connectivity index (χ2v) is 13.4. The number of nitrogens with zero attached hydrogens (tertiary/aromatic N) is 2. The average Bonchev–Trinajstić information content (AvgIpc) is 3.09. The molecule has 1 fully saturated rings. The largest absolute Gasteiger partial charge is 0.497 e. The number of benzene rings is 3. The van der Waals surface area contributed by atoms with Crippen LogP contribution in [0.2, 0.25) is 0 Å². The molecule has 0 unspecified atom stereocenters. The van der Waals surface area contributed by atoms with Gasteiger partial charge in [0.15, 0.2) is 6.61 Å². The average molecular weight is 668 g/mol. The highest BCUT2D eigenvalue weighted by atomic mass is 32.2. The lowest BCUT2D eigenvalue weighted by Gasteiger charge is -2.31. The fraction of sp³-hybridized carbons (Fsp3) is 0.429. The minimum absolute atomic E-state index is 0.0968. The molecule has 0 radical (unpaired) electrons. The highest BCUT2D eigenvalue weighted by Gasteiger charge is 2.31. The van der Waals surface area contributed by atoms with E-state index in [2.05, 4.69) is 5.32 Å². The normalized spacial score (nSPS) is 14.4. The lowest BCUT2D eigenvalue weighted by atomic mass is 10.0. The van der Waals surface area contributed by atoms with Gasteiger partial charge in [-0.2, -0.15) is 4.31 Å². The molecule has 0 bridgehead atoms. The van der Waals surface area contributed by atoms with Crippen LogP contribution in [0.25, 0.3) is 0 Å². The standard InChI is InChI=1S/C35H45N3O8S/c1-27(2)45-21-7-18-36-35(40)33(24-28-8-5-4-6-9-28)38(25-29-10-12-30(43-3)13-11-29)34(39)26-46-31-14-16-32(17-15-31)47(41,42)37-19-22-44-23-20-37/h4-6,8-17,27,33H,7,18-26H2,1-3H3,(H,36,40)/t33-/m1/s1. The number of ether oxygens (including phenoxy) is 4. The predicted octanol–water partition coefficient (Wildman–Crippen LogP) is 3.67. The number of rotatable bonds is 17. The number of carbonyl (C=O) groups excluding carboxylic acids is 2. The van der Waals surface area contributed by atoms with E-state index >= 15 is 0 Å². The molecule has 254 valence electrons. The fourth-order valence-corrected chi connectivity index (χ4v) is 6.48. The van der Waals surface area contributed by atoms with E-state index < -0.39 is 22.0 Å². The second kappa shape index (κ2) is 17.8. The summed E-state index contributed by atoms with van der Waals surface area (Å²) in [6.45, 7) is 5.93. The minimum atomic E-state index is -3.67. The van der Waals surface area contributed by atoms with Crippen molar-refractivity contribution in [2.75, 3.05) is 53.2 Å². The van der Waals surface area contributed by atoms with E-state index in [-0.39, 0.29) is 30.1 Å². The molecule has 3 aromatic carbocycles. The SMILES string of the molecule is COc1ccc(CN(C(=O)COc2ccc(S(=O)(=O)N3CCOCC3)cc2)[C@H](Cc2ccccc2)C(=O)NCCCOC(C)C)cc1. The summed E-state index contributed by atoms with van der Waals surface area (Å²) < 4.78 is 49.5. The van der Waals surface area contributed by atoms with Gasteiger partial charge in [0.25, 0.3) is 5.91 Å².